The van der Waals surface area contributed by atoms with Crippen LogP contribution in [0.3, 0.4) is 0 Å². The van der Waals surface area contributed by atoms with Gasteiger partial charge in [0.15, 0.2) is 0 Å². The standard InChI is InChI=1S/C15H24O3S.K.H/c1-2-3-4-5-6-7-11-14-18-19(16,17)15-12-9-8-10-13-15;;/h8-10,12-13H,2-7,11,14H2,1H3;;/q;+1;-1. The molecule has 0 radical (unpaired) electrons. The number of benzene rings is 1. The molecule has 0 spiro atoms. The van der Waals surface area contributed by atoms with Gasteiger partial charge in [0.1, 0.15) is 0 Å². The normalized spacial score (nSPS) is 11.1. The Hall–Kier alpha value is 0.766. The first-order valence-corrected chi connectivity index (χ1v) is 8.52. The number of unbranched alkanes of at least 4 members (excludes halogenated alkanes) is 6. The van der Waals surface area contributed by atoms with Crippen LogP contribution in [0, 0.1) is 0 Å². The molecule has 0 heterocycles. The zero-order valence-corrected chi connectivity index (χ0v) is 16.6. The molecule has 0 saturated carbocycles. The van der Waals surface area contributed by atoms with Crippen molar-refractivity contribution in [2.24, 2.45) is 0 Å². The van der Waals surface area contributed by atoms with Crippen molar-refractivity contribution in [3.8, 4) is 0 Å². The van der Waals surface area contributed by atoms with Crippen molar-refractivity contribution in [2.75, 3.05) is 6.61 Å². The van der Waals surface area contributed by atoms with Crippen LogP contribution in [0.1, 0.15) is 53.3 Å². The summed E-state index contributed by atoms with van der Waals surface area (Å²) in [4.78, 5) is 0.234. The quantitative estimate of drug-likeness (QED) is 0.370. The zero-order valence-electron chi connectivity index (χ0n) is 13.7. The maximum atomic E-state index is 11.8. The van der Waals surface area contributed by atoms with Crippen LogP contribution in [-0.2, 0) is 14.3 Å². The molecule has 0 saturated heterocycles. The second kappa shape index (κ2) is 12.3. The van der Waals surface area contributed by atoms with E-state index in [1.807, 2.05) is 0 Å². The van der Waals surface area contributed by atoms with Gasteiger partial charge in [-0.1, -0.05) is 63.6 Å². The Balaban J connectivity index is 0. The Morgan fingerprint density at radius 1 is 0.950 bits per heavy atom. The van der Waals surface area contributed by atoms with Gasteiger partial charge >= 0.3 is 51.4 Å². The summed E-state index contributed by atoms with van der Waals surface area (Å²) in [5.41, 5.74) is 0. The minimum Gasteiger partial charge on any atom is -1.00 e. The molecule has 0 N–H and O–H groups in total. The third-order valence-electron chi connectivity index (χ3n) is 3.02. The molecule has 1 aromatic rings. The smallest absolute Gasteiger partial charge is 1.00 e. The largest absolute Gasteiger partial charge is 1.00 e. The van der Waals surface area contributed by atoms with Crippen molar-refractivity contribution in [3.63, 3.8) is 0 Å². The summed E-state index contributed by atoms with van der Waals surface area (Å²) in [7, 11) is -3.56. The summed E-state index contributed by atoms with van der Waals surface area (Å²) >= 11 is 0. The van der Waals surface area contributed by atoms with Crippen LogP contribution in [0.15, 0.2) is 35.2 Å². The van der Waals surface area contributed by atoms with Crippen molar-refractivity contribution in [1.82, 2.24) is 0 Å². The van der Waals surface area contributed by atoms with Crippen LogP contribution < -0.4 is 51.4 Å². The maximum Gasteiger partial charge on any atom is 1.00 e. The summed E-state index contributed by atoms with van der Waals surface area (Å²) in [6.07, 6.45) is 8.05. The molecule has 0 aliphatic heterocycles. The van der Waals surface area contributed by atoms with E-state index in [4.69, 9.17) is 4.18 Å². The van der Waals surface area contributed by atoms with E-state index in [0.717, 1.165) is 19.3 Å². The number of rotatable bonds is 10. The van der Waals surface area contributed by atoms with Crippen LogP contribution in [0.25, 0.3) is 0 Å². The molecule has 0 bridgehead atoms. The summed E-state index contributed by atoms with van der Waals surface area (Å²) in [6.45, 7) is 2.48. The topological polar surface area (TPSA) is 43.4 Å². The van der Waals surface area contributed by atoms with E-state index in [9.17, 15) is 8.42 Å². The van der Waals surface area contributed by atoms with Gasteiger partial charge in [0, 0.05) is 0 Å². The van der Waals surface area contributed by atoms with E-state index in [1.54, 1.807) is 30.3 Å². The van der Waals surface area contributed by atoms with Crippen LogP contribution in [0.2, 0.25) is 0 Å². The van der Waals surface area contributed by atoms with Crippen molar-refractivity contribution in [1.29, 1.82) is 0 Å². The SMILES string of the molecule is CCCCCCCCCOS(=O)(=O)c1ccccc1.[H-].[K+]. The molecule has 1 aromatic carbocycles. The molecule has 5 heteroatoms. The zero-order chi connectivity index (χ0) is 14.0. The van der Waals surface area contributed by atoms with Gasteiger partial charge in [0.25, 0.3) is 10.1 Å². The van der Waals surface area contributed by atoms with Crippen molar-refractivity contribution < 1.29 is 65.4 Å². The van der Waals surface area contributed by atoms with Crippen molar-refractivity contribution in [3.05, 3.63) is 30.3 Å². The van der Waals surface area contributed by atoms with E-state index in [0.29, 0.717) is 0 Å². The van der Waals surface area contributed by atoms with Gasteiger partial charge in [-0.15, -0.1) is 0 Å². The van der Waals surface area contributed by atoms with Gasteiger partial charge in [-0.05, 0) is 18.6 Å². The Bertz CT molecular complexity index is 437. The fourth-order valence-corrected chi connectivity index (χ4v) is 2.85. The van der Waals surface area contributed by atoms with Gasteiger partial charge < -0.3 is 1.43 Å². The Labute approximate surface area is 167 Å². The molecule has 0 atom stereocenters. The van der Waals surface area contributed by atoms with Crippen LogP contribution in [0.5, 0.6) is 0 Å². The van der Waals surface area contributed by atoms with Gasteiger partial charge in [-0.25, -0.2) is 0 Å². The first kappa shape index (κ1) is 20.8. The van der Waals surface area contributed by atoms with E-state index < -0.39 is 10.1 Å². The molecular formula is C15H25KO3S. The Kier molecular flexibility index (Phi) is 12.8. The molecule has 0 fully saturated rings. The monoisotopic (exact) mass is 324 g/mol. The van der Waals surface area contributed by atoms with Crippen LogP contribution in [0.4, 0.5) is 0 Å². The minimum absolute atomic E-state index is 0. The van der Waals surface area contributed by atoms with E-state index in [1.165, 1.54) is 25.7 Å². The van der Waals surface area contributed by atoms with Gasteiger partial charge in [-0.2, -0.15) is 8.42 Å². The Morgan fingerprint density at radius 2 is 1.50 bits per heavy atom. The summed E-state index contributed by atoms with van der Waals surface area (Å²) in [6, 6.07) is 8.30. The molecule has 0 unspecified atom stereocenters. The predicted octanol–water partition coefficient (Wildman–Crippen LogP) is 1.26. The van der Waals surface area contributed by atoms with E-state index >= 15 is 0 Å². The molecule has 110 valence electrons. The summed E-state index contributed by atoms with van der Waals surface area (Å²) in [5, 5.41) is 0. The molecule has 0 aliphatic rings. The van der Waals surface area contributed by atoms with Crippen LogP contribution in [-0.4, -0.2) is 15.0 Å². The molecule has 0 amide bonds. The number of hydrogen-bond donors (Lipinski definition) is 0. The minimum atomic E-state index is -3.56. The van der Waals surface area contributed by atoms with E-state index in [2.05, 4.69) is 6.92 Å². The predicted molar refractivity (Wildman–Crippen MR) is 78.7 cm³/mol. The molecule has 20 heavy (non-hydrogen) atoms. The maximum absolute atomic E-state index is 11.8. The molecular weight excluding hydrogens is 299 g/mol. The molecule has 1 rings (SSSR count). The summed E-state index contributed by atoms with van der Waals surface area (Å²) < 4.78 is 28.6. The second-order valence-electron chi connectivity index (χ2n) is 4.71. The van der Waals surface area contributed by atoms with Crippen molar-refractivity contribution >= 4 is 10.1 Å². The third-order valence-corrected chi connectivity index (χ3v) is 4.34. The molecule has 0 aromatic heterocycles. The first-order valence-electron chi connectivity index (χ1n) is 7.11. The van der Waals surface area contributed by atoms with E-state index in [-0.39, 0.29) is 64.3 Å². The second-order valence-corrected chi connectivity index (χ2v) is 6.33. The molecule has 3 nitrogen and oxygen atoms in total. The summed E-state index contributed by atoms with van der Waals surface area (Å²) in [5.74, 6) is 0. The number of hydrogen-bond acceptors (Lipinski definition) is 3. The van der Waals surface area contributed by atoms with Crippen LogP contribution >= 0.6 is 0 Å². The average Bonchev–Trinajstić information content (AvgIpc) is 2.43. The fraction of sp³-hybridized carbons (Fsp3) is 0.600. The average molecular weight is 325 g/mol. The van der Waals surface area contributed by atoms with Gasteiger partial charge in [-0.3, -0.25) is 4.18 Å². The third kappa shape index (κ3) is 8.92. The van der Waals surface area contributed by atoms with Gasteiger partial charge in [0.2, 0.25) is 0 Å². The first-order chi connectivity index (χ1) is 9.17. The van der Waals surface area contributed by atoms with Gasteiger partial charge in [0.05, 0.1) is 11.5 Å². The Morgan fingerprint density at radius 3 is 2.10 bits per heavy atom. The fourth-order valence-electron chi connectivity index (χ4n) is 1.88. The van der Waals surface area contributed by atoms with Crippen molar-refractivity contribution in [2.45, 2.75) is 56.8 Å². The molecule has 0 aliphatic carbocycles.